The number of Topliss-reactive ketones (excluding diaryl/α,β-unsaturated/α-hetero) is 1. The van der Waals surface area contributed by atoms with Gasteiger partial charge >= 0.3 is 7.60 Å². The van der Waals surface area contributed by atoms with Gasteiger partial charge in [-0.05, 0) is 33.1 Å². The van der Waals surface area contributed by atoms with Crippen molar-refractivity contribution in [1.29, 1.82) is 0 Å². The predicted octanol–water partition coefficient (Wildman–Crippen LogP) is 4.45. The van der Waals surface area contributed by atoms with Gasteiger partial charge in [0, 0.05) is 6.42 Å². The fraction of sp³-hybridized carbons (Fsp3) is 0.786. The summed E-state index contributed by atoms with van der Waals surface area (Å²) in [5, 5.41) is 0.354. The molecule has 19 heavy (non-hydrogen) atoms. The molecule has 0 fully saturated rings. The van der Waals surface area contributed by atoms with E-state index in [0.29, 0.717) is 18.2 Å². The second-order valence-electron chi connectivity index (χ2n) is 4.67. The quantitative estimate of drug-likeness (QED) is 0.464. The van der Waals surface area contributed by atoms with Gasteiger partial charge in [0.15, 0.2) is 5.78 Å². The Kier molecular flexibility index (Phi) is 6.98. The average molecular weight is 288 g/mol. The van der Waals surface area contributed by atoms with Crippen molar-refractivity contribution >= 4 is 13.4 Å². The average Bonchev–Trinajstić information content (AvgIpc) is 2.72. The minimum absolute atomic E-state index is 0.0586. The van der Waals surface area contributed by atoms with Crippen molar-refractivity contribution in [2.24, 2.45) is 0 Å². The van der Waals surface area contributed by atoms with E-state index in [1.54, 1.807) is 13.8 Å². The number of rotatable bonds is 9. The summed E-state index contributed by atoms with van der Waals surface area (Å²) >= 11 is 0. The van der Waals surface area contributed by atoms with Crippen molar-refractivity contribution in [3.63, 3.8) is 0 Å². The molecule has 0 aromatic carbocycles. The minimum atomic E-state index is -3.40. The van der Waals surface area contributed by atoms with Crippen molar-refractivity contribution in [3.05, 3.63) is 10.9 Å². The van der Waals surface area contributed by atoms with Crippen LogP contribution in [-0.4, -0.2) is 19.0 Å². The van der Waals surface area contributed by atoms with Gasteiger partial charge in [0.1, 0.15) is 5.31 Å². The summed E-state index contributed by atoms with van der Waals surface area (Å²) in [6.07, 6.45) is 5.27. The molecular weight excluding hydrogens is 263 g/mol. The van der Waals surface area contributed by atoms with Crippen LogP contribution in [0.15, 0.2) is 10.9 Å². The number of unbranched alkanes of at least 4 members (excludes halogenated alkanes) is 2. The third kappa shape index (κ3) is 4.27. The van der Waals surface area contributed by atoms with Gasteiger partial charge in [-0.15, -0.1) is 0 Å². The Morgan fingerprint density at radius 1 is 1.05 bits per heavy atom. The van der Waals surface area contributed by atoms with Crippen LogP contribution in [0.5, 0.6) is 0 Å². The first-order valence-corrected chi connectivity index (χ1v) is 8.78. The number of ketones is 1. The standard InChI is InChI=1S/C14H25O4P/c1-4-7-8-9-12-10-11-13(15)14(12)19(16,17-5-2)18-6-3/h4-11H2,1-3H3. The highest BCUT2D eigenvalue weighted by Crippen LogP contribution is 2.60. The topological polar surface area (TPSA) is 52.6 Å². The van der Waals surface area contributed by atoms with E-state index in [0.717, 1.165) is 31.3 Å². The lowest BCUT2D eigenvalue weighted by atomic mass is 10.1. The first-order chi connectivity index (χ1) is 9.09. The molecule has 0 aliphatic heterocycles. The third-order valence-electron chi connectivity index (χ3n) is 3.21. The molecule has 0 aromatic heterocycles. The SMILES string of the molecule is CCCCCC1=C(P(=O)(OCC)OCC)C(=O)CC1. The fourth-order valence-electron chi connectivity index (χ4n) is 2.38. The summed E-state index contributed by atoms with van der Waals surface area (Å²) in [6, 6.07) is 0. The summed E-state index contributed by atoms with van der Waals surface area (Å²) in [4.78, 5) is 12.0. The zero-order valence-corrected chi connectivity index (χ0v) is 13.1. The maximum absolute atomic E-state index is 12.7. The van der Waals surface area contributed by atoms with Crippen LogP contribution in [0.1, 0.15) is 59.3 Å². The van der Waals surface area contributed by atoms with Gasteiger partial charge in [-0.3, -0.25) is 9.36 Å². The van der Waals surface area contributed by atoms with Crippen molar-refractivity contribution in [2.75, 3.05) is 13.2 Å². The Morgan fingerprint density at radius 2 is 1.68 bits per heavy atom. The molecule has 0 bridgehead atoms. The third-order valence-corrected chi connectivity index (χ3v) is 5.52. The largest absolute Gasteiger partial charge is 0.364 e. The van der Waals surface area contributed by atoms with Gasteiger partial charge in [-0.25, -0.2) is 0 Å². The maximum atomic E-state index is 12.7. The van der Waals surface area contributed by atoms with Crippen LogP contribution in [0.4, 0.5) is 0 Å². The molecule has 0 radical (unpaired) electrons. The lowest BCUT2D eigenvalue weighted by Gasteiger charge is -2.18. The van der Waals surface area contributed by atoms with Crippen LogP contribution in [0.25, 0.3) is 0 Å². The van der Waals surface area contributed by atoms with E-state index in [2.05, 4.69) is 6.92 Å². The van der Waals surface area contributed by atoms with Crippen molar-refractivity contribution in [2.45, 2.75) is 59.3 Å². The summed E-state index contributed by atoms with van der Waals surface area (Å²) in [5.41, 5.74) is 0.990. The molecule has 0 N–H and O–H groups in total. The molecule has 0 spiro atoms. The molecule has 5 heteroatoms. The van der Waals surface area contributed by atoms with Gasteiger partial charge in [-0.2, -0.15) is 0 Å². The molecule has 0 atom stereocenters. The summed E-state index contributed by atoms with van der Waals surface area (Å²) in [6.45, 7) is 6.25. The Hall–Kier alpha value is -0.440. The van der Waals surface area contributed by atoms with E-state index in [-0.39, 0.29) is 19.0 Å². The zero-order valence-electron chi connectivity index (χ0n) is 12.2. The second kappa shape index (κ2) is 7.98. The molecule has 1 aliphatic rings. The number of hydrogen-bond acceptors (Lipinski definition) is 4. The van der Waals surface area contributed by atoms with Crippen LogP contribution in [0.2, 0.25) is 0 Å². The molecule has 0 aromatic rings. The summed E-state index contributed by atoms with van der Waals surface area (Å²) in [7, 11) is -3.40. The zero-order chi connectivity index (χ0) is 14.3. The van der Waals surface area contributed by atoms with Gasteiger partial charge in [0.2, 0.25) is 0 Å². The van der Waals surface area contributed by atoms with E-state index in [9.17, 15) is 9.36 Å². The Labute approximate surface area is 116 Å². The van der Waals surface area contributed by atoms with Crippen LogP contribution in [0, 0.1) is 0 Å². The monoisotopic (exact) mass is 288 g/mol. The van der Waals surface area contributed by atoms with Crippen LogP contribution < -0.4 is 0 Å². The molecule has 0 amide bonds. The van der Waals surface area contributed by atoms with Gasteiger partial charge in [0.05, 0.1) is 13.2 Å². The minimum Gasteiger partial charge on any atom is -0.305 e. The normalized spacial score (nSPS) is 16.5. The molecular formula is C14H25O4P. The molecule has 110 valence electrons. The van der Waals surface area contributed by atoms with Crippen molar-refractivity contribution < 1.29 is 18.4 Å². The summed E-state index contributed by atoms with van der Waals surface area (Å²) < 4.78 is 23.4. The second-order valence-corrected chi connectivity index (χ2v) is 6.62. The highest BCUT2D eigenvalue weighted by molar-refractivity contribution is 7.60. The lowest BCUT2D eigenvalue weighted by Crippen LogP contribution is -2.05. The first kappa shape index (κ1) is 16.6. The Morgan fingerprint density at radius 3 is 2.21 bits per heavy atom. The fourth-order valence-corrected chi connectivity index (χ4v) is 4.42. The predicted molar refractivity (Wildman–Crippen MR) is 76.3 cm³/mol. The first-order valence-electron chi connectivity index (χ1n) is 7.23. The number of hydrogen-bond donors (Lipinski definition) is 0. The van der Waals surface area contributed by atoms with E-state index in [1.807, 2.05) is 0 Å². The molecule has 1 aliphatic carbocycles. The molecule has 0 saturated carbocycles. The Bertz CT molecular complexity index is 377. The van der Waals surface area contributed by atoms with Gasteiger partial charge in [-0.1, -0.05) is 25.3 Å². The maximum Gasteiger partial charge on any atom is 0.364 e. The Balaban J connectivity index is 2.96. The van der Waals surface area contributed by atoms with Crippen LogP contribution >= 0.6 is 7.60 Å². The van der Waals surface area contributed by atoms with E-state index < -0.39 is 7.60 Å². The molecule has 4 nitrogen and oxygen atoms in total. The van der Waals surface area contributed by atoms with Gasteiger partial charge < -0.3 is 9.05 Å². The summed E-state index contributed by atoms with van der Waals surface area (Å²) in [5.74, 6) is -0.0586. The van der Waals surface area contributed by atoms with Crippen LogP contribution in [-0.2, 0) is 18.4 Å². The van der Waals surface area contributed by atoms with E-state index in [4.69, 9.17) is 9.05 Å². The highest BCUT2D eigenvalue weighted by atomic mass is 31.2. The highest BCUT2D eigenvalue weighted by Gasteiger charge is 2.39. The van der Waals surface area contributed by atoms with E-state index in [1.165, 1.54) is 0 Å². The number of carbonyl (C=O) groups is 1. The molecule has 0 saturated heterocycles. The number of allylic oxidation sites excluding steroid dienone is 2. The van der Waals surface area contributed by atoms with E-state index >= 15 is 0 Å². The molecule has 0 heterocycles. The van der Waals surface area contributed by atoms with Crippen molar-refractivity contribution in [1.82, 2.24) is 0 Å². The molecule has 0 unspecified atom stereocenters. The van der Waals surface area contributed by atoms with Gasteiger partial charge in [0.25, 0.3) is 0 Å². The molecule has 1 rings (SSSR count). The van der Waals surface area contributed by atoms with Crippen LogP contribution in [0.3, 0.4) is 0 Å². The lowest BCUT2D eigenvalue weighted by molar-refractivity contribution is -0.114. The van der Waals surface area contributed by atoms with Crippen molar-refractivity contribution in [3.8, 4) is 0 Å². The smallest absolute Gasteiger partial charge is 0.305 e. The number of carbonyl (C=O) groups excluding carboxylic acids is 1.